The summed E-state index contributed by atoms with van der Waals surface area (Å²) in [4.78, 5) is 10.9. The van der Waals surface area contributed by atoms with Crippen molar-refractivity contribution in [3.8, 4) is 0 Å². The molecule has 0 amide bonds. The molecule has 1 aliphatic heterocycles. The van der Waals surface area contributed by atoms with Gasteiger partial charge in [-0.25, -0.2) is 0 Å². The minimum atomic E-state index is 0.0126. The summed E-state index contributed by atoms with van der Waals surface area (Å²) in [6, 6.07) is 7.79. The second-order valence-electron chi connectivity index (χ2n) is 4.75. The predicted octanol–water partition coefficient (Wildman–Crippen LogP) is 2.57. The average molecular weight is 204 g/mol. The SMILES string of the molecule is CC(C)(CC1CO1)c1ccccc1C=O. The monoisotopic (exact) mass is 204 g/mol. The molecule has 1 heterocycles. The summed E-state index contributed by atoms with van der Waals surface area (Å²) in [6.07, 6.45) is 2.31. The highest BCUT2D eigenvalue weighted by molar-refractivity contribution is 5.77. The molecule has 0 spiro atoms. The Morgan fingerprint density at radius 2 is 2.13 bits per heavy atom. The molecule has 1 aliphatic rings. The number of hydrogen-bond donors (Lipinski definition) is 0. The van der Waals surface area contributed by atoms with E-state index in [1.807, 2.05) is 24.3 Å². The second kappa shape index (κ2) is 3.78. The molecule has 0 bridgehead atoms. The van der Waals surface area contributed by atoms with Crippen molar-refractivity contribution in [2.45, 2.75) is 31.8 Å². The minimum Gasteiger partial charge on any atom is -0.373 e. The normalized spacial score (nSPS) is 20.0. The van der Waals surface area contributed by atoms with E-state index in [0.29, 0.717) is 6.10 Å². The highest BCUT2D eigenvalue weighted by atomic mass is 16.6. The zero-order valence-electron chi connectivity index (χ0n) is 9.19. The molecular formula is C13H16O2. The van der Waals surface area contributed by atoms with Crippen molar-refractivity contribution in [3.05, 3.63) is 35.4 Å². The van der Waals surface area contributed by atoms with E-state index in [0.717, 1.165) is 30.4 Å². The maximum atomic E-state index is 10.9. The number of carbonyl (C=O) groups excluding carboxylic acids is 1. The number of carbonyl (C=O) groups is 1. The van der Waals surface area contributed by atoms with E-state index < -0.39 is 0 Å². The van der Waals surface area contributed by atoms with Gasteiger partial charge in [0.25, 0.3) is 0 Å². The Hall–Kier alpha value is -1.15. The maximum Gasteiger partial charge on any atom is 0.150 e. The number of benzene rings is 1. The van der Waals surface area contributed by atoms with Gasteiger partial charge in [-0.05, 0) is 17.4 Å². The minimum absolute atomic E-state index is 0.0126. The van der Waals surface area contributed by atoms with Crippen LogP contribution in [0.3, 0.4) is 0 Å². The summed E-state index contributed by atoms with van der Waals surface area (Å²) < 4.78 is 5.25. The first-order chi connectivity index (χ1) is 7.13. The van der Waals surface area contributed by atoms with Gasteiger partial charge in [-0.2, -0.15) is 0 Å². The molecule has 2 rings (SSSR count). The van der Waals surface area contributed by atoms with Crippen LogP contribution in [0, 0.1) is 0 Å². The molecule has 80 valence electrons. The van der Waals surface area contributed by atoms with Crippen molar-refractivity contribution in [2.75, 3.05) is 6.61 Å². The van der Waals surface area contributed by atoms with Crippen LogP contribution in [0.25, 0.3) is 0 Å². The zero-order chi connectivity index (χ0) is 10.9. The molecule has 1 aromatic carbocycles. The van der Waals surface area contributed by atoms with E-state index in [2.05, 4.69) is 13.8 Å². The van der Waals surface area contributed by atoms with Gasteiger partial charge in [-0.15, -0.1) is 0 Å². The van der Waals surface area contributed by atoms with Gasteiger partial charge in [0.2, 0.25) is 0 Å². The summed E-state index contributed by atoms with van der Waals surface area (Å²) >= 11 is 0. The lowest BCUT2D eigenvalue weighted by Gasteiger charge is -2.25. The Kier molecular flexibility index (Phi) is 2.61. The van der Waals surface area contributed by atoms with E-state index in [4.69, 9.17) is 4.74 Å². The van der Waals surface area contributed by atoms with Gasteiger partial charge in [0.15, 0.2) is 0 Å². The van der Waals surface area contributed by atoms with Crippen LogP contribution in [-0.4, -0.2) is 19.0 Å². The molecule has 1 aromatic rings. The fraction of sp³-hybridized carbons (Fsp3) is 0.462. The Labute approximate surface area is 90.3 Å². The molecule has 0 aromatic heterocycles. The molecule has 1 unspecified atom stereocenters. The second-order valence-corrected chi connectivity index (χ2v) is 4.75. The summed E-state index contributed by atoms with van der Waals surface area (Å²) in [5.41, 5.74) is 1.93. The summed E-state index contributed by atoms with van der Waals surface area (Å²) in [5.74, 6) is 0. The van der Waals surface area contributed by atoms with Crippen LogP contribution in [0.15, 0.2) is 24.3 Å². The van der Waals surface area contributed by atoms with Gasteiger partial charge in [-0.3, -0.25) is 4.79 Å². The van der Waals surface area contributed by atoms with Crippen LogP contribution in [0.5, 0.6) is 0 Å². The summed E-state index contributed by atoms with van der Waals surface area (Å²) in [5, 5.41) is 0. The molecule has 1 atom stereocenters. The maximum absolute atomic E-state index is 10.9. The first kappa shape index (κ1) is 10.4. The van der Waals surface area contributed by atoms with Crippen molar-refractivity contribution in [2.24, 2.45) is 0 Å². The standard InChI is InChI=1S/C13H16O2/c1-13(2,7-11-9-15-11)12-6-4-3-5-10(12)8-14/h3-6,8,11H,7,9H2,1-2H3. The zero-order valence-corrected chi connectivity index (χ0v) is 9.19. The lowest BCUT2D eigenvalue weighted by molar-refractivity contribution is 0.112. The number of hydrogen-bond acceptors (Lipinski definition) is 2. The van der Waals surface area contributed by atoms with Crippen LogP contribution >= 0.6 is 0 Å². The molecule has 0 radical (unpaired) electrons. The third-order valence-electron chi connectivity index (χ3n) is 2.96. The number of rotatable bonds is 4. The van der Waals surface area contributed by atoms with Crippen molar-refractivity contribution < 1.29 is 9.53 Å². The Morgan fingerprint density at radius 1 is 1.47 bits per heavy atom. The van der Waals surface area contributed by atoms with Gasteiger partial charge in [0, 0.05) is 5.56 Å². The molecule has 0 aliphatic carbocycles. The van der Waals surface area contributed by atoms with Crippen molar-refractivity contribution in [1.82, 2.24) is 0 Å². The molecule has 1 saturated heterocycles. The van der Waals surface area contributed by atoms with Crippen LogP contribution < -0.4 is 0 Å². The molecule has 2 heteroatoms. The molecule has 1 fully saturated rings. The third kappa shape index (κ3) is 2.26. The fourth-order valence-electron chi connectivity index (χ4n) is 2.08. The topological polar surface area (TPSA) is 29.6 Å². The molecule has 15 heavy (non-hydrogen) atoms. The van der Waals surface area contributed by atoms with Crippen LogP contribution in [0.2, 0.25) is 0 Å². The van der Waals surface area contributed by atoms with Crippen molar-refractivity contribution in [1.29, 1.82) is 0 Å². The smallest absolute Gasteiger partial charge is 0.150 e. The van der Waals surface area contributed by atoms with Crippen molar-refractivity contribution >= 4 is 6.29 Å². The molecule has 2 nitrogen and oxygen atoms in total. The largest absolute Gasteiger partial charge is 0.373 e. The van der Waals surface area contributed by atoms with Gasteiger partial charge in [0.05, 0.1) is 12.7 Å². The van der Waals surface area contributed by atoms with Gasteiger partial charge < -0.3 is 4.74 Å². The van der Waals surface area contributed by atoms with Gasteiger partial charge in [0.1, 0.15) is 6.29 Å². The Bertz CT molecular complexity index is 365. The molecule has 0 saturated carbocycles. The highest BCUT2D eigenvalue weighted by Gasteiger charge is 2.33. The number of epoxide rings is 1. The van der Waals surface area contributed by atoms with E-state index in [1.165, 1.54) is 0 Å². The number of aldehydes is 1. The van der Waals surface area contributed by atoms with E-state index >= 15 is 0 Å². The lowest BCUT2D eigenvalue weighted by Crippen LogP contribution is -2.21. The van der Waals surface area contributed by atoms with E-state index in [1.54, 1.807) is 0 Å². The van der Waals surface area contributed by atoms with E-state index in [9.17, 15) is 4.79 Å². The fourth-order valence-corrected chi connectivity index (χ4v) is 2.08. The first-order valence-corrected chi connectivity index (χ1v) is 5.30. The number of ether oxygens (including phenoxy) is 1. The van der Waals surface area contributed by atoms with Crippen molar-refractivity contribution in [3.63, 3.8) is 0 Å². The first-order valence-electron chi connectivity index (χ1n) is 5.30. The van der Waals surface area contributed by atoms with Crippen LogP contribution in [0.4, 0.5) is 0 Å². The third-order valence-corrected chi connectivity index (χ3v) is 2.96. The predicted molar refractivity (Wildman–Crippen MR) is 59.2 cm³/mol. The Balaban J connectivity index is 2.28. The highest BCUT2D eigenvalue weighted by Crippen LogP contribution is 2.34. The quantitative estimate of drug-likeness (QED) is 0.557. The average Bonchev–Trinajstić information content (AvgIpc) is 3.01. The Morgan fingerprint density at radius 3 is 2.73 bits per heavy atom. The van der Waals surface area contributed by atoms with Gasteiger partial charge in [-0.1, -0.05) is 38.1 Å². The van der Waals surface area contributed by atoms with Gasteiger partial charge >= 0.3 is 0 Å². The van der Waals surface area contributed by atoms with E-state index in [-0.39, 0.29) is 5.41 Å². The van der Waals surface area contributed by atoms with Crippen LogP contribution in [0.1, 0.15) is 36.2 Å². The van der Waals surface area contributed by atoms with Crippen LogP contribution in [-0.2, 0) is 10.2 Å². The molecular weight excluding hydrogens is 188 g/mol. The molecule has 0 N–H and O–H groups in total. The lowest BCUT2D eigenvalue weighted by atomic mass is 9.78. The summed E-state index contributed by atoms with van der Waals surface area (Å²) in [6.45, 7) is 5.20. The summed E-state index contributed by atoms with van der Waals surface area (Å²) in [7, 11) is 0.